The molecular formula is C11H22N2O. The first kappa shape index (κ1) is 10.4. The van der Waals surface area contributed by atoms with E-state index in [0.29, 0.717) is 11.5 Å². The summed E-state index contributed by atoms with van der Waals surface area (Å²) >= 11 is 0. The molecule has 2 fully saturated rings. The van der Waals surface area contributed by atoms with Gasteiger partial charge in [0.05, 0.1) is 0 Å². The molecule has 2 aliphatic rings. The summed E-state index contributed by atoms with van der Waals surface area (Å²) in [6.07, 6.45) is 3.68. The van der Waals surface area contributed by atoms with Gasteiger partial charge in [0.15, 0.2) is 0 Å². The predicted octanol–water partition coefficient (Wildman–Crippen LogP) is 1.57. The minimum Gasteiger partial charge on any atom is -0.314 e. The van der Waals surface area contributed by atoms with Crippen molar-refractivity contribution in [3.05, 3.63) is 0 Å². The minimum absolute atomic E-state index is 0.531. The first-order valence-electron chi connectivity index (χ1n) is 5.79. The molecule has 0 radical (unpaired) electrons. The van der Waals surface area contributed by atoms with Crippen LogP contribution in [0.25, 0.3) is 0 Å². The fraction of sp³-hybridized carbons (Fsp3) is 1.00. The van der Waals surface area contributed by atoms with Crippen molar-refractivity contribution in [2.24, 2.45) is 5.41 Å². The molecule has 0 aromatic heterocycles. The summed E-state index contributed by atoms with van der Waals surface area (Å²) in [5.41, 5.74) is 0.531. The molecule has 0 aromatic carbocycles. The number of likely N-dealkylation sites (tertiary alicyclic amines) is 1. The van der Waals surface area contributed by atoms with Crippen LogP contribution in [0.5, 0.6) is 0 Å². The van der Waals surface area contributed by atoms with E-state index in [0.717, 1.165) is 13.1 Å². The zero-order valence-electron chi connectivity index (χ0n) is 9.37. The Morgan fingerprint density at radius 3 is 2.14 bits per heavy atom. The molecule has 2 saturated heterocycles. The maximum atomic E-state index is 9.35. The van der Waals surface area contributed by atoms with Gasteiger partial charge in [-0.1, -0.05) is 0 Å². The van der Waals surface area contributed by atoms with Crippen molar-refractivity contribution in [2.75, 3.05) is 26.2 Å². The number of rotatable bonds is 1. The minimum atomic E-state index is 0.531. The normalized spacial score (nSPS) is 29.1. The Hall–Kier alpha value is -0.120. The lowest BCUT2D eigenvalue weighted by Gasteiger charge is -2.37. The van der Waals surface area contributed by atoms with Gasteiger partial charge in [-0.15, -0.1) is 0 Å². The lowest BCUT2D eigenvalue weighted by atomic mass is 9.78. The maximum absolute atomic E-state index is 9.35. The maximum Gasteiger partial charge on any atom is 0.0243 e. The molecule has 82 valence electrons. The number of hydroxylamine groups is 2. The molecule has 0 saturated carbocycles. The molecular weight excluding hydrogens is 176 g/mol. The summed E-state index contributed by atoms with van der Waals surface area (Å²) in [5, 5.41) is 10.8. The highest BCUT2D eigenvalue weighted by molar-refractivity contribution is 4.93. The Morgan fingerprint density at radius 1 is 1.07 bits per heavy atom. The summed E-state index contributed by atoms with van der Waals surface area (Å²) < 4.78 is 0. The number of piperidine rings is 1. The Labute approximate surface area is 86.6 Å². The van der Waals surface area contributed by atoms with Crippen molar-refractivity contribution in [3.8, 4) is 0 Å². The number of hydrogen-bond acceptors (Lipinski definition) is 3. The van der Waals surface area contributed by atoms with E-state index in [9.17, 15) is 5.21 Å². The average molecular weight is 198 g/mol. The van der Waals surface area contributed by atoms with Crippen LogP contribution in [0.1, 0.15) is 33.1 Å². The zero-order valence-corrected chi connectivity index (χ0v) is 9.37. The van der Waals surface area contributed by atoms with Crippen LogP contribution in [-0.2, 0) is 0 Å². The molecule has 14 heavy (non-hydrogen) atoms. The molecule has 3 heteroatoms. The molecule has 0 bridgehead atoms. The van der Waals surface area contributed by atoms with Crippen molar-refractivity contribution in [1.82, 2.24) is 9.96 Å². The van der Waals surface area contributed by atoms with Crippen LogP contribution in [0.3, 0.4) is 0 Å². The molecule has 0 amide bonds. The van der Waals surface area contributed by atoms with Gasteiger partial charge in [0.2, 0.25) is 0 Å². The van der Waals surface area contributed by atoms with E-state index < -0.39 is 0 Å². The van der Waals surface area contributed by atoms with Gasteiger partial charge in [-0.05, 0) is 45.1 Å². The SMILES string of the molecule is CC(C)N1CCC2(CCN(O)CC2)C1. The highest BCUT2D eigenvalue weighted by atomic mass is 16.5. The van der Waals surface area contributed by atoms with Gasteiger partial charge in [-0.2, -0.15) is 5.06 Å². The van der Waals surface area contributed by atoms with Crippen LogP contribution in [0, 0.1) is 5.41 Å². The van der Waals surface area contributed by atoms with Crippen molar-refractivity contribution in [2.45, 2.75) is 39.2 Å². The molecule has 1 spiro atoms. The number of nitrogens with zero attached hydrogens (tertiary/aromatic N) is 2. The molecule has 2 aliphatic heterocycles. The van der Waals surface area contributed by atoms with E-state index in [1.54, 1.807) is 0 Å². The number of hydrogen-bond donors (Lipinski definition) is 1. The Kier molecular flexibility index (Phi) is 2.82. The largest absolute Gasteiger partial charge is 0.314 e. The summed E-state index contributed by atoms with van der Waals surface area (Å²) in [4.78, 5) is 2.58. The van der Waals surface area contributed by atoms with Crippen LogP contribution in [0.2, 0.25) is 0 Å². The van der Waals surface area contributed by atoms with Gasteiger partial charge in [0.1, 0.15) is 0 Å². The van der Waals surface area contributed by atoms with Gasteiger partial charge in [0, 0.05) is 25.7 Å². The quantitative estimate of drug-likeness (QED) is 0.693. The molecule has 0 unspecified atom stereocenters. The molecule has 0 atom stereocenters. The van der Waals surface area contributed by atoms with Crippen molar-refractivity contribution >= 4 is 0 Å². The van der Waals surface area contributed by atoms with Gasteiger partial charge in [-0.3, -0.25) is 0 Å². The van der Waals surface area contributed by atoms with Crippen molar-refractivity contribution < 1.29 is 5.21 Å². The second kappa shape index (κ2) is 3.80. The summed E-state index contributed by atoms with van der Waals surface area (Å²) in [7, 11) is 0. The second-order valence-electron chi connectivity index (χ2n) is 5.27. The predicted molar refractivity (Wildman–Crippen MR) is 56.4 cm³/mol. The van der Waals surface area contributed by atoms with Crippen LogP contribution < -0.4 is 0 Å². The molecule has 3 nitrogen and oxygen atoms in total. The van der Waals surface area contributed by atoms with E-state index in [2.05, 4.69) is 18.7 Å². The highest BCUT2D eigenvalue weighted by Gasteiger charge is 2.40. The smallest absolute Gasteiger partial charge is 0.0243 e. The van der Waals surface area contributed by atoms with Crippen LogP contribution in [0.4, 0.5) is 0 Å². The first-order valence-corrected chi connectivity index (χ1v) is 5.79. The molecule has 0 aliphatic carbocycles. The fourth-order valence-corrected chi connectivity index (χ4v) is 2.79. The zero-order chi connectivity index (χ0) is 10.2. The highest BCUT2D eigenvalue weighted by Crippen LogP contribution is 2.40. The Morgan fingerprint density at radius 2 is 1.64 bits per heavy atom. The summed E-state index contributed by atoms with van der Waals surface area (Å²) in [6, 6.07) is 0.682. The Balaban J connectivity index is 1.93. The standard InChI is InChI=1S/C11H22N2O/c1-10(2)12-6-3-11(9-12)4-7-13(14)8-5-11/h10,14H,3-9H2,1-2H3. The van der Waals surface area contributed by atoms with E-state index in [1.807, 2.05) is 0 Å². The van der Waals surface area contributed by atoms with E-state index in [1.165, 1.54) is 37.4 Å². The topological polar surface area (TPSA) is 26.7 Å². The molecule has 0 aromatic rings. The fourth-order valence-electron chi connectivity index (χ4n) is 2.79. The van der Waals surface area contributed by atoms with Crippen molar-refractivity contribution in [3.63, 3.8) is 0 Å². The van der Waals surface area contributed by atoms with E-state index in [4.69, 9.17) is 0 Å². The molecule has 1 N–H and O–H groups in total. The lowest BCUT2D eigenvalue weighted by Crippen LogP contribution is -2.40. The van der Waals surface area contributed by atoms with Crippen LogP contribution in [0.15, 0.2) is 0 Å². The Bertz CT molecular complexity index is 197. The van der Waals surface area contributed by atoms with Gasteiger partial charge in [-0.25, -0.2) is 0 Å². The van der Waals surface area contributed by atoms with E-state index in [-0.39, 0.29) is 0 Å². The van der Waals surface area contributed by atoms with Gasteiger partial charge in [0.25, 0.3) is 0 Å². The monoisotopic (exact) mass is 198 g/mol. The third kappa shape index (κ3) is 1.95. The summed E-state index contributed by atoms with van der Waals surface area (Å²) in [5.74, 6) is 0. The molecule has 2 heterocycles. The lowest BCUT2D eigenvalue weighted by molar-refractivity contribution is -0.124. The average Bonchev–Trinajstić information content (AvgIpc) is 2.56. The second-order valence-corrected chi connectivity index (χ2v) is 5.27. The summed E-state index contributed by atoms with van der Waals surface area (Å²) in [6.45, 7) is 8.79. The van der Waals surface area contributed by atoms with Crippen LogP contribution >= 0.6 is 0 Å². The van der Waals surface area contributed by atoms with Gasteiger partial charge < -0.3 is 10.1 Å². The van der Waals surface area contributed by atoms with Gasteiger partial charge >= 0.3 is 0 Å². The van der Waals surface area contributed by atoms with E-state index >= 15 is 0 Å². The van der Waals surface area contributed by atoms with Crippen molar-refractivity contribution in [1.29, 1.82) is 0 Å². The van der Waals surface area contributed by atoms with Crippen LogP contribution in [-0.4, -0.2) is 47.4 Å². The third-order valence-corrected chi connectivity index (χ3v) is 4.00. The first-order chi connectivity index (χ1) is 6.61. The molecule has 2 rings (SSSR count). The third-order valence-electron chi connectivity index (χ3n) is 4.00.